The van der Waals surface area contributed by atoms with E-state index in [1.807, 2.05) is 78.8 Å². The molecule has 1 aromatic carbocycles. The summed E-state index contributed by atoms with van der Waals surface area (Å²) in [7, 11) is -1.08. The highest BCUT2D eigenvalue weighted by Crippen LogP contribution is 2.29. The molecule has 198 valence electrons. The fourth-order valence-electron chi connectivity index (χ4n) is 4.16. The van der Waals surface area contributed by atoms with Crippen molar-refractivity contribution in [2.45, 2.75) is 78.9 Å². The minimum Gasteiger partial charge on any atom is -0.342 e. The zero-order valence-corrected chi connectivity index (χ0v) is 23.5. The highest BCUT2D eigenvalue weighted by Gasteiger charge is 2.41. The number of carbonyl (C=O) groups is 2. The molecule has 1 aromatic rings. The van der Waals surface area contributed by atoms with Gasteiger partial charge in [0.05, 0.1) is 17.0 Å². The third-order valence-corrected chi connectivity index (χ3v) is 7.43. The average Bonchev–Trinajstić information content (AvgIpc) is 2.73. The van der Waals surface area contributed by atoms with Gasteiger partial charge in [0.15, 0.2) is 0 Å². The van der Waals surface area contributed by atoms with Crippen LogP contribution >= 0.6 is 0 Å². The van der Waals surface area contributed by atoms with E-state index in [1.165, 1.54) is 17.9 Å². The number of nitrogens with one attached hydrogen (secondary N) is 2. The predicted octanol–water partition coefficient (Wildman–Crippen LogP) is 3.36. The minimum absolute atomic E-state index is 0.140. The van der Waals surface area contributed by atoms with Crippen molar-refractivity contribution in [3.05, 3.63) is 46.9 Å². The Hall–Kier alpha value is -2.23. The SMILES string of the molecule is CN[C@H](C(=O)N[C@H](C(=O)N(C)[C@H](/C=C(/C)S(=O)(=O)O)C(C)C)C(C)(C)C)C(C)(C)c1ccccc1. The Labute approximate surface area is 211 Å². The first-order valence-electron chi connectivity index (χ1n) is 11.8. The van der Waals surface area contributed by atoms with Gasteiger partial charge >= 0.3 is 0 Å². The van der Waals surface area contributed by atoms with Gasteiger partial charge in [0, 0.05) is 12.5 Å². The molecule has 9 heteroatoms. The van der Waals surface area contributed by atoms with Crippen molar-refractivity contribution in [3.8, 4) is 0 Å². The van der Waals surface area contributed by atoms with Crippen LogP contribution in [0.5, 0.6) is 0 Å². The minimum atomic E-state index is -4.37. The van der Waals surface area contributed by atoms with Gasteiger partial charge in [0.2, 0.25) is 11.8 Å². The summed E-state index contributed by atoms with van der Waals surface area (Å²) in [5, 5.41) is 6.07. The number of benzene rings is 1. The first kappa shape index (κ1) is 30.8. The Morgan fingerprint density at radius 1 is 1.03 bits per heavy atom. The van der Waals surface area contributed by atoms with E-state index in [-0.39, 0.29) is 22.6 Å². The van der Waals surface area contributed by atoms with Crippen molar-refractivity contribution in [2.75, 3.05) is 14.1 Å². The van der Waals surface area contributed by atoms with Crippen molar-refractivity contribution in [1.29, 1.82) is 0 Å². The summed E-state index contributed by atoms with van der Waals surface area (Å²) < 4.78 is 32.5. The summed E-state index contributed by atoms with van der Waals surface area (Å²) in [6.07, 6.45) is 1.37. The van der Waals surface area contributed by atoms with Crippen LogP contribution in [0, 0.1) is 11.3 Å². The van der Waals surface area contributed by atoms with Crippen LogP contribution in [0.15, 0.2) is 41.3 Å². The smallest absolute Gasteiger partial charge is 0.290 e. The molecular weight excluding hydrogens is 466 g/mol. The van der Waals surface area contributed by atoms with Crippen molar-refractivity contribution in [3.63, 3.8) is 0 Å². The summed E-state index contributed by atoms with van der Waals surface area (Å²) >= 11 is 0. The number of amides is 2. The number of likely N-dealkylation sites (N-methyl/N-ethyl adjacent to an activating group) is 2. The lowest BCUT2D eigenvalue weighted by Crippen LogP contribution is -2.61. The normalized spacial score (nSPS) is 15.9. The lowest BCUT2D eigenvalue weighted by molar-refractivity contribution is -0.140. The van der Waals surface area contributed by atoms with Crippen molar-refractivity contribution in [2.24, 2.45) is 11.3 Å². The lowest BCUT2D eigenvalue weighted by atomic mass is 9.76. The molecule has 0 bridgehead atoms. The van der Waals surface area contributed by atoms with Gasteiger partial charge in [-0.1, -0.05) is 78.8 Å². The molecule has 2 amide bonds. The molecule has 0 spiro atoms. The van der Waals surface area contributed by atoms with Crippen LogP contribution in [0.3, 0.4) is 0 Å². The van der Waals surface area contributed by atoms with Gasteiger partial charge in [-0.3, -0.25) is 14.1 Å². The van der Waals surface area contributed by atoms with Gasteiger partial charge in [0.1, 0.15) is 6.04 Å². The van der Waals surface area contributed by atoms with E-state index in [1.54, 1.807) is 14.1 Å². The van der Waals surface area contributed by atoms with Crippen LogP contribution in [0.1, 0.15) is 61.0 Å². The van der Waals surface area contributed by atoms with Crippen LogP contribution in [0.25, 0.3) is 0 Å². The molecule has 0 heterocycles. The van der Waals surface area contributed by atoms with Crippen LogP contribution in [-0.4, -0.2) is 61.9 Å². The Morgan fingerprint density at radius 3 is 1.94 bits per heavy atom. The summed E-state index contributed by atoms with van der Waals surface area (Å²) in [5.74, 6) is -0.802. The van der Waals surface area contributed by atoms with E-state index in [0.717, 1.165) is 5.56 Å². The summed E-state index contributed by atoms with van der Waals surface area (Å²) in [6.45, 7) is 14.5. The molecular formula is C26H43N3O5S. The molecule has 0 fully saturated rings. The molecule has 0 unspecified atom stereocenters. The number of allylic oxidation sites excluding steroid dienone is 1. The second-order valence-corrected chi connectivity index (χ2v) is 12.6. The van der Waals surface area contributed by atoms with E-state index in [4.69, 9.17) is 0 Å². The van der Waals surface area contributed by atoms with Crippen molar-refractivity contribution >= 4 is 21.9 Å². The lowest BCUT2D eigenvalue weighted by Gasteiger charge is -2.39. The predicted molar refractivity (Wildman–Crippen MR) is 140 cm³/mol. The van der Waals surface area contributed by atoms with Gasteiger partial charge in [0.25, 0.3) is 10.1 Å². The first-order valence-corrected chi connectivity index (χ1v) is 13.3. The third-order valence-electron chi connectivity index (χ3n) is 6.48. The van der Waals surface area contributed by atoms with E-state index < -0.39 is 39.1 Å². The molecule has 0 saturated carbocycles. The standard InChI is InChI=1S/C26H43N3O5S/c1-17(2)20(16-18(3)35(32,33)34)29(10)24(31)22(25(4,5)6)28-23(30)21(27-9)26(7,8)19-14-12-11-13-15-19/h11-17,20-22,27H,1-10H3,(H,28,30)(H,32,33,34)/b18-16-/t20-,21-,22-/m1/s1. The van der Waals surface area contributed by atoms with Crippen LogP contribution in [-0.2, 0) is 25.1 Å². The maximum Gasteiger partial charge on any atom is 0.290 e. The highest BCUT2D eigenvalue weighted by atomic mass is 32.2. The Kier molecular flexibility index (Phi) is 10.3. The summed E-state index contributed by atoms with van der Waals surface area (Å²) in [4.78, 5) is 28.4. The molecule has 3 N–H and O–H groups in total. The van der Waals surface area contributed by atoms with Gasteiger partial charge in [-0.15, -0.1) is 0 Å². The fraction of sp³-hybridized carbons (Fsp3) is 0.615. The van der Waals surface area contributed by atoms with Crippen LogP contribution in [0.4, 0.5) is 0 Å². The molecule has 0 aromatic heterocycles. The number of carbonyl (C=O) groups excluding carboxylic acids is 2. The molecule has 3 atom stereocenters. The monoisotopic (exact) mass is 509 g/mol. The number of hydrogen-bond donors (Lipinski definition) is 3. The number of hydrogen-bond acceptors (Lipinski definition) is 5. The zero-order valence-electron chi connectivity index (χ0n) is 22.7. The summed E-state index contributed by atoms with van der Waals surface area (Å²) in [5.41, 5.74) is -0.205. The fourth-order valence-corrected chi connectivity index (χ4v) is 4.47. The van der Waals surface area contributed by atoms with Gasteiger partial charge < -0.3 is 15.5 Å². The molecule has 0 aliphatic heterocycles. The molecule has 8 nitrogen and oxygen atoms in total. The van der Waals surface area contributed by atoms with Crippen LogP contribution < -0.4 is 10.6 Å². The van der Waals surface area contributed by atoms with Gasteiger partial charge in [-0.25, -0.2) is 0 Å². The van der Waals surface area contributed by atoms with Crippen LogP contribution in [0.2, 0.25) is 0 Å². The van der Waals surface area contributed by atoms with Gasteiger partial charge in [-0.2, -0.15) is 8.42 Å². The maximum absolute atomic E-state index is 13.7. The molecule has 0 aliphatic rings. The number of rotatable bonds is 10. The Balaban J connectivity index is 3.33. The Morgan fingerprint density at radius 2 is 1.54 bits per heavy atom. The van der Waals surface area contributed by atoms with E-state index in [9.17, 15) is 22.6 Å². The molecule has 0 saturated heterocycles. The van der Waals surface area contributed by atoms with E-state index in [2.05, 4.69) is 10.6 Å². The quantitative estimate of drug-likeness (QED) is 0.417. The zero-order chi connectivity index (χ0) is 27.4. The largest absolute Gasteiger partial charge is 0.342 e. The molecule has 35 heavy (non-hydrogen) atoms. The summed E-state index contributed by atoms with van der Waals surface area (Å²) in [6, 6.07) is 7.61. The van der Waals surface area contributed by atoms with E-state index in [0.29, 0.717) is 0 Å². The molecule has 0 aliphatic carbocycles. The number of nitrogens with zero attached hydrogens (tertiary/aromatic N) is 1. The topological polar surface area (TPSA) is 116 Å². The maximum atomic E-state index is 13.7. The Bertz CT molecular complexity index is 1010. The second kappa shape index (κ2) is 11.7. The van der Waals surface area contributed by atoms with E-state index >= 15 is 0 Å². The van der Waals surface area contributed by atoms with Gasteiger partial charge in [-0.05, 0) is 36.9 Å². The third kappa shape index (κ3) is 7.88. The first-order chi connectivity index (χ1) is 15.9. The second-order valence-electron chi connectivity index (χ2n) is 11.1. The molecule has 0 radical (unpaired) electrons. The van der Waals surface area contributed by atoms with Crippen molar-refractivity contribution < 1.29 is 22.6 Å². The highest BCUT2D eigenvalue weighted by molar-refractivity contribution is 7.89. The van der Waals surface area contributed by atoms with Crippen molar-refractivity contribution in [1.82, 2.24) is 15.5 Å². The molecule has 1 rings (SSSR count). The average molecular weight is 510 g/mol.